The van der Waals surface area contributed by atoms with Crippen LogP contribution in [0.3, 0.4) is 0 Å². The van der Waals surface area contributed by atoms with Crippen LogP contribution < -0.4 is 5.11 Å². The summed E-state index contributed by atoms with van der Waals surface area (Å²) in [4.78, 5) is 11.1. The Balaban J connectivity index is 6.12. The molecule has 0 rings (SSSR count). The first kappa shape index (κ1) is 2.00. The van der Waals surface area contributed by atoms with Crippen molar-refractivity contribution in [2.45, 2.75) is 26.2 Å². The lowest BCUT2D eigenvalue weighted by atomic mass is 10.2. The summed E-state index contributed by atoms with van der Waals surface area (Å²) in [5, 5.41) is 10.7. The highest BCUT2D eigenvalue weighted by Gasteiger charge is 2.14. The predicted octanol–water partition coefficient (Wildman–Crippen LogP) is 0.202. The third kappa shape index (κ3) is 3.95. The summed E-state index contributed by atoms with van der Waals surface area (Å²) in [6, 6.07) is 0. The molecule has 0 radical (unpaired) electrons. The van der Waals surface area contributed by atoms with Crippen LogP contribution in [0, 0.1) is 0 Å². The van der Waals surface area contributed by atoms with E-state index in [2.05, 4.69) is 11.3 Å². The van der Waals surface area contributed by atoms with Gasteiger partial charge >= 0.3 is 5.97 Å². The number of hydrogen-bond acceptors (Lipinski definition) is 3. The molecule has 0 aliphatic heterocycles. The molecule has 10 heavy (non-hydrogen) atoms. The van der Waals surface area contributed by atoms with E-state index in [9.17, 15) is 9.90 Å². The zero-order valence-corrected chi connectivity index (χ0v) is 4.93. The maximum atomic E-state index is 11.1. The Morgan fingerprint density at radius 1 is 1.70 bits per heavy atom. The van der Waals surface area contributed by atoms with Crippen LogP contribution in [-0.4, -0.2) is 11.6 Å². The Morgan fingerprint density at radius 3 is 2.50 bits per heavy atom. The summed E-state index contributed by atoms with van der Waals surface area (Å²) in [5.74, 6) is -3.49. The summed E-state index contributed by atoms with van der Waals surface area (Å²) in [7, 11) is 0. The fraction of sp³-hybridized carbons (Fsp3) is 0.571. The molecule has 0 saturated heterocycles. The SMILES string of the molecule is [2H]C([2H])([2H])C(OC(=O)C(=C)[O-])(C([2H])([2H])[2H])C([2H])([2H])[2H]. The van der Waals surface area contributed by atoms with Crippen molar-refractivity contribution in [2.24, 2.45) is 0 Å². The van der Waals surface area contributed by atoms with Crippen LogP contribution in [0.25, 0.3) is 0 Å². The fourth-order valence-electron chi connectivity index (χ4n) is 0.196. The molecule has 0 amide bonds. The van der Waals surface area contributed by atoms with Gasteiger partial charge in [-0.1, -0.05) is 6.58 Å². The van der Waals surface area contributed by atoms with Gasteiger partial charge in [0.15, 0.2) is 0 Å². The number of carbonyl (C=O) groups is 1. The summed E-state index contributed by atoms with van der Waals surface area (Å²) in [6.45, 7) is -8.50. The van der Waals surface area contributed by atoms with Crippen LogP contribution in [0.2, 0.25) is 0 Å². The smallest absolute Gasteiger partial charge is 0.322 e. The summed E-state index contributed by atoms with van der Waals surface area (Å²) >= 11 is 0. The van der Waals surface area contributed by atoms with Gasteiger partial charge in [0, 0.05) is 12.3 Å². The van der Waals surface area contributed by atoms with Crippen molar-refractivity contribution >= 4 is 5.97 Å². The lowest BCUT2D eigenvalue weighted by Gasteiger charge is -2.21. The summed E-state index contributed by atoms with van der Waals surface area (Å²) in [5.41, 5.74) is -3.79. The van der Waals surface area contributed by atoms with E-state index in [1.54, 1.807) is 0 Å². The largest absolute Gasteiger partial charge is 0.868 e. The van der Waals surface area contributed by atoms with E-state index in [0.29, 0.717) is 0 Å². The Morgan fingerprint density at radius 2 is 2.20 bits per heavy atom. The first-order valence-electron chi connectivity index (χ1n) is 6.67. The fourth-order valence-corrected chi connectivity index (χ4v) is 0.196. The second kappa shape index (κ2) is 2.73. The third-order valence-electron chi connectivity index (χ3n) is 0.473. The zero-order valence-electron chi connectivity index (χ0n) is 13.9. The van der Waals surface area contributed by atoms with E-state index >= 15 is 0 Å². The average molecular weight is 152 g/mol. The molecule has 0 aliphatic rings. The average Bonchev–Trinajstić information content (AvgIpc) is 2.06. The van der Waals surface area contributed by atoms with Crippen molar-refractivity contribution in [1.82, 2.24) is 0 Å². The number of hydrogen-bond donors (Lipinski definition) is 0. The second-order valence-electron chi connectivity index (χ2n) is 1.49. The van der Waals surface area contributed by atoms with Crippen LogP contribution >= 0.6 is 0 Å². The molecule has 0 spiro atoms. The molecular formula is C7H11O3-. The Hall–Kier alpha value is -0.990. The molecule has 3 heteroatoms. The minimum Gasteiger partial charge on any atom is -0.868 e. The maximum absolute atomic E-state index is 11.1. The van der Waals surface area contributed by atoms with Crippen molar-refractivity contribution in [3.63, 3.8) is 0 Å². The van der Waals surface area contributed by atoms with Crippen LogP contribution in [0.15, 0.2) is 12.3 Å². The molecular weight excluding hydrogens is 132 g/mol. The highest BCUT2D eigenvalue weighted by Crippen LogP contribution is 2.07. The van der Waals surface area contributed by atoms with Crippen LogP contribution in [-0.2, 0) is 9.53 Å². The number of carbonyl (C=O) groups excluding carboxylic acids is 1. The van der Waals surface area contributed by atoms with Crippen molar-refractivity contribution in [3.8, 4) is 0 Å². The highest BCUT2D eigenvalue weighted by molar-refractivity contribution is 5.84. The lowest BCUT2D eigenvalue weighted by Crippen LogP contribution is -2.27. The van der Waals surface area contributed by atoms with Gasteiger partial charge in [-0.05, 0) is 26.3 Å². The van der Waals surface area contributed by atoms with E-state index in [-0.39, 0.29) is 0 Å². The van der Waals surface area contributed by atoms with Crippen molar-refractivity contribution in [2.75, 3.05) is 0 Å². The molecule has 0 atom stereocenters. The molecule has 0 saturated carbocycles. The van der Waals surface area contributed by atoms with E-state index in [0.717, 1.165) is 0 Å². The van der Waals surface area contributed by atoms with Gasteiger partial charge in [0.05, 0.1) is 0 Å². The van der Waals surface area contributed by atoms with E-state index in [4.69, 9.17) is 12.3 Å². The molecule has 0 aromatic rings. The number of ether oxygens (including phenoxy) is 1. The second-order valence-corrected chi connectivity index (χ2v) is 1.49. The number of esters is 1. The first-order valence-corrected chi connectivity index (χ1v) is 2.17. The Kier molecular flexibility index (Phi) is 0.545. The Labute approximate surface area is 73.0 Å². The molecule has 0 fully saturated rings. The standard InChI is InChI=1S/C7H12O3/c1-5(8)6(9)10-7(2,3)4/h8H,1H2,2-4H3/p-1/i2D3,3D3,4D3. The molecule has 0 bridgehead atoms. The van der Waals surface area contributed by atoms with Gasteiger partial charge in [0.2, 0.25) is 0 Å². The van der Waals surface area contributed by atoms with Gasteiger partial charge in [-0.3, -0.25) is 0 Å². The number of rotatable bonds is 1. The van der Waals surface area contributed by atoms with Crippen molar-refractivity contribution in [1.29, 1.82) is 0 Å². The molecule has 58 valence electrons. The molecule has 0 aliphatic carbocycles. The third-order valence-corrected chi connectivity index (χ3v) is 0.473. The molecule has 0 aromatic heterocycles. The van der Waals surface area contributed by atoms with Gasteiger partial charge < -0.3 is 9.84 Å². The molecule has 0 N–H and O–H groups in total. The van der Waals surface area contributed by atoms with Gasteiger partial charge in [0.25, 0.3) is 0 Å². The van der Waals surface area contributed by atoms with Crippen molar-refractivity contribution in [3.05, 3.63) is 12.3 Å². The minimum atomic E-state index is -3.79. The van der Waals surface area contributed by atoms with Gasteiger partial charge in [-0.2, -0.15) is 0 Å². The first-order chi connectivity index (χ1) is 8.08. The van der Waals surface area contributed by atoms with Crippen LogP contribution in [0.4, 0.5) is 0 Å². The minimum absolute atomic E-state index is 1.55. The molecule has 3 nitrogen and oxygen atoms in total. The van der Waals surface area contributed by atoms with Gasteiger partial charge in [-0.15, -0.1) is 0 Å². The zero-order chi connectivity index (χ0) is 15.9. The molecule has 0 aromatic carbocycles. The summed E-state index contributed by atoms with van der Waals surface area (Å²) < 4.78 is 67.8. The van der Waals surface area contributed by atoms with Gasteiger partial charge in [-0.25, -0.2) is 4.79 Å². The predicted molar refractivity (Wildman–Crippen MR) is 35.0 cm³/mol. The lowest BCUT2D eigenvalue weighted by molar-refractivity contribution is -0.304. The molecule has 0 heterocycles. The Bertz CT molecular complexity index is 339. The topological polar surface area (TPSA) is 49.4 Å². The maximum Gasteiger partial charge on any atom is 0.322 e. The van der Waals surface area contributed by atoms with E-state index in [1.807, 2.05) is 0 Å². The van der Waals surface area contributed by atoms with E-state index in [1.165, 1.54) is 0 Å². The van der Waals surface area contributed by atoms with Crippen molar-refractivity contribution < 1.29 is 27.0 Å². The highest BCUT2D eigenvalue weighted by atomic mass is 16.6. The van der Waals surface area contributed by atoms with Crippen LogP contribution in [0.5, 0.6) is 0 Å². The summed E-state index contributed by atoms with van der Waals surface area (Å²) in [6.07, 6.45) is 0. The van der Waals surface area contributed by atoms with Crippen LogP contribution in [0.1, 0.15) is 32.9 Å². The normalized spacial score (nSPS) is 27.8. The van der Waals surface area contributed by atoms with E-state index < -0.39 is 37.9 Å². The van der Waals surface area contributed by atoms with Gasteiger partial charge in [0.1, 0.15) is 5.60 Å². The monoisotopic (exact) mass is 152 g/mol. The quantitative estimate of drug-likeness (QED) is 0.306. The molecule has 0 unspecified atom stereocenters.